The summed E-state index contributed by atoms with van der Waals surface area (Å²) in [6.07, 6.45) is 0. The van der Waals surface area contributed by atoms with Gasteiger partial charge in [-0.1, -0.05) is 18.2 Å². The number of hydrogen-bond acceptors (Lipinski definition) is 5. The van der Waals surface area contributed by atoms with E-state index in [0.717, 1.165) is 0 Å². The molecule has 5 nitrogen and oxygen atoms in total. The fourth-order valence-electron chi connectivity index (χ4n) is 1.88. The van der Waals surface area contributed by atoms with Crippen LogP contribution in [0.5, 0.6) is 11.5 Å². The molecule has 0 spiro atoms. The van der Waals surface area contributed by atoms with Crippen molar-refractivity contribution >= 4 is 5.97 Å². The predicted molar refractivity (Wildman–Crippen MR) is 78.3 cm³/mol. The Labute approximate surface area is 127 Å². The van der Waals surface area contributed by atoms with E-state index in [9.17, 15) is 10.1 Å². The van der Waals surface area contributed by atoms with Crippen molar-refractivity contribution in [1.29, 1.82) is 10.5 Å². The van der Waals surface area contributed by atoms with Gasteiger partial charge in [0.2, 0.25) is 0 Å². The van der Waals surface area contributed by atoms with Crippen molar-refractivity contribution in [2.45, 2.75) is 6.92 Å². The lowest BCUT2D eigenvalue weighted by Crippen LogP contribution is -2.06. The third-order valence-electron chi connectivity index (χ3n) is 2.86. The summed E-state index contributed by atoms with van der Waals surface area (Å²) in [4.78, 5) is 11.9. The second-order valence-corrected chi connectivity index (χ2v) is 4.22. The van der Waals surface area contributed by atoms with Crippen molar-refractivity contribution in [3.05, 3.63) is 59.2 Å². The first-order valence-electron chi connectivity index (χ1n) is 6.58. The number of nitriles is 2. The van der Waals surface area contributed by atoms with Gasteiger partial charge in [0.25, 0.3) is 0 Å². The Hall–Kier alpha value is -3.31. The minimum atomic E-state index is -0.506. The molecule has 2 aromatic rings. The van der Waals surface area contributed by atoms with Crippen LogP contribution in [0.3, 0.4) is 0 Å². The van der Waals surface area contributed by atoms with Gasteiger partial charge < -0.3 is 9.47 Å². The monoisotopic (exact) mass is 292 g/mol. The van der Waals surface area contributed by atoms with Crippen molar-refractivity contribution in [2.75, 3.05) is 6.61 Å². The number of hydrogen-bond donors (Lipinski definition) is 0. The molecule has 0 heterocycles. The van der Waals surface area contributed by atoms with Crippen LogP contribution in [0.15, 0.2) is 42.5 Å². The number of ether oxygens (including phenoxy) is 2. The molecule has 0 aliphatic heterocycles. The summed E-state index contributed by atoms with van der Waals surface area (Å²) in [5.41, 5.74) is 0.605. The first kappa shape index (κ1) is 15.1. The molecule has 0 aliphatic carbocycles. The molecule has 0 aromatic heterocycles. The van der Waals surface area contributed by atoms with Gasteiger partial charge >= 0.3 is 5.97 Å². The van der Waals surface area contributed by atoms with Gasteiger partial charge in [0.05, 0.1) is 12.2 Å². The maximum Gasteiger partial charge on any atom is 0.341 e. The van der Waals surface area contributed by atoms with Crippen LogP contribution >= 0.6 is 0 Å². The van der Waals surface area contributed by atoms with Gasteiger partial charge in [-0.25, -0.2) is 4.79 Å². The zero-order valence-corrected chi connectivity index (χ0v) is 11.9. The molecule has 0 N–H and O–H groups in total. The Morgan fingerprint density at radius 3 is 2.45 bits per heavy atom. The van der Waals surface area contributed by atoms with Crippen molar-refractivity contribution in [3.8, 4) is 23.6 Å². The largest absolute Gasteiger partial charge is 0.462 e. The highest BCUT2D eigenvalue weighted by Gasteiger charge is 2.16. The zero-order valence-electron chi connectivity index (χ0n) is 11.9. The van der Waals surface area contributed by atoms with Crippen LogP contribution < -0.4 is 4.74 Å². The van der Waals surface area contributed by atoms with Crippen molar-refractivity contribution in [3.63, 3.8) is 0 Å². The standard InChI is InChI=1S/C17H12N2O3/c1-2-21-17(20)13-7-3-4-8-15(13)22-16-9-5-6-12(10-18)14(16)11-19/h3-9H,2H2,1H3. The lowest BCUT2D eigenvalue weighted by molar-refractivity contribution is 0.0523. The fraction of sp³-hybridized carbons (Fsp3) is 0.118. The number of para-hydroxylation sites is 1. The molecule has 0 unspecified atom stereocenters. The maximum atomic E-state index is 11.9. The predicted octanol–water partition coefficient (Wildman–Crippen LogP) is 3.40. The molecule has 22 heavy (non-hydrogen) atoms. The molecule has 0 bridgehead atoms. The molecule has 0 atom stereocenters. The van der Waals surface area contributed by atoms with E-state index < -0.39 is 5.97 Å². The van der Waals surface area contributed by atoms with E-state index in [2.05, 4.69) is 0 Å². The number of rotatable bonds is 4. The third-order valence-corrected chi connectivity index (χ3v) is 2.86. The van der Waals surface area contributed by atoms with E-state index in [1.807, 2.05) is 12.1 Å². The first-order chi connectivity index (χ1) is 10.7. The number of nitrogens with zero attached hydrogens (tertiary/aromatic N) is 2. The normalized spacial score (nSPS) is 9.41. The zero-order chi connectivity index (χ0) is 15.9. The molecular weight excluding hydrogens is 280 g/mol. The average molecular weight is 292 g/mol. The Morgan fingerprint density at radius 1 is 1.05 bits per heavy atom. The molecule has 2 aromatic carbocycles. The van der Waals surface area contributed by atoms with Crippen LogP contribution in [0.2, 0.25) is 0 Å². The summed E-state index contributed by atoms with van der Waals surface area (Å²) in [6.45, 7) is 1.96. The van der Waals surface area contributed by atoms with Gasteiger partial charge in [0, 0.05) is 0 Å². The van der Waals surface area contributed by atoms with Crippen molar-refractivity contribution in [1.82, 2.24) is 0 Å². The van der Waals surface area contributed by atoms with E-state index >= 15 is 0 Å². The van der Waals surface area contributed by atoms with Crippen LogP contribution in [0.25, 0.3) is 0 Å². The Balaban J connectivity index is 2.43. The molecular formula is C17H12N2O3. The van der Waals surface area contributed by atoms with E-state index in [1.54, 1.807) is 43.3 Å². The summed E-state index contributed by atoms with van der Waals surface area (Å²) >= 11 is 0. The Kier molecular flexibility index (Phi) is 4.74. The fourth-order valence-corrected chi connectivity index (χ4v) is 1.88. The van der Waals surface area contributed by atoms with Gasteiger partial charge in [-0.2, -0.15) is 10.5 Å². The molecule has 0 aliphatic rings. The third kappa shape index (κ3) is 3.05. The molecule has 5 heteroatoms. The quantitative estimate of drug-likeness (QED) is 0.806. The number of benzene rings is 2. The van der Waals surface area contributed by atoms with E-state index in [4.69, 9.17) is 14.7 Å². The molecule has 2 rings (SSSR count). The molecule has 0 fully saturated rings. The van der Waals surface area contributed by atoms with Crippen LogP contribution in [0.4, 0.5) is 0 Å². The average Bonchev–Trinajstić information content (AvgIpc) is 2.55. The van der Waals surface area contributed by atoms with E-state index in [0.29, 0.717) is 0 Å². The number of esters is 1. The topological polar surface area (TPSA) is 83.1 Å². The molecule has 0 saturated carbocycles. The first-order valence-corrected chi connectivity index (χ1v) is 6.58. The van der Waals surface area contributed by atoms with Gasteiger partial charge in [-0.05, 0) is 31.2 Å². The van der Waals surface area contributed by atoms with Crippen molar-refractivity contribution in [2.24, 2.45) is 0 Å². The maximum absolute atomic E-state index is 11.9. The highest BCUT2D eigenvalue weighted by molar-refractivity contribution is 5.92. The van der Waals surface area contributed by atoms with Crippen LogP contribution in [0.1, 0.15) is 28.4 Å². The van der Waals surface area contributed by atoms with Crippen LogP contribution in [-0.4, -0.2) is 12.6 Å². The number of carbonyl (C=O) groups excluding carboxylic acids is 1. The van der Waals surface area contributed by atoms with E-state index in [-0.39, 0.29) is 34.8 Å². The van der Waals surface area contributed by atoms with Crippen LogP contribution in [-0.2, 0) is 4.74 Å². The molecule has 0 saturated heterocycles. The Morgan fingerprint density at radius 2 is 1.77 bits per heavy atom. The summed E-state index contributed by atoms with van der Waals surface area (Å²) in [5.74, 6) is -0.0149. The van der Waals surface area contributed by atoms with E-state index in [1.165, 1.54) is 6.07 Å². The molecule has 0 radical (unpaired) electrons. The smallest absolute Gasteiger partial charge is 0.341 e. The highest BCUT2D eigenvalue weighted by Crippen LogP contribution is 2.29. The second-order valence-electron chi connectivity index (χ2n) is 4.22. The van der Waals surface area contributed by atoms with Crippen molar-refractivity contribution < 1.29 is 14.3 Å². The summed E-state index contributed by atoms with van der Waals surface area (Å²) in [7, 11) is 0. The Bertz CT molecular complexity index is 785. The second kappa shape index (κ2) is 6.92. The van der Waals surface area contributed by atoms with Gasteiger partial charge in [-0.15, -0.1) is 0 Å². The van der Waals surface area contributed by atoms with Crippen LogP contribution in [0, 0.1) is 22.7 Å². The summed E-state index contributed by atoms with van der Waals surface area (Å²) < 4.78 is 10.6. The molecule has 108 valence electrons. The van der Waals surface area contributed by atoms with Gasteiger partial charge in [-0.3, -0.25) is 0 Å². The minimum absolute atomic E-state index is 0.128. The highest BCUT2D eigenvalue weighted by atomic mass is 16.5. The number of carbonyl (C=O) groups is 1. The van der Waals surface area contributed by atoms with Gasteiger partial charge in [0.1, 0.15) is 34.8 Å². The SMILES string of the molecule is CCOC(=O)c1ccccc1Oc1cccc(C#N)c1C#N. The lowest BCUT2D eigenvalue weighted by Gasteiger charge is -2.11. The van der Waals surface area contributed by atoms with Gasteiger partial charge in [0.15, 0.2) is 0 Å². The minimum Gasteiger partial charge on any atom is -0.462 e. The summed E-state index contributed by atoms with van der Waals surface area (Å²) in [5, 5.41) is 18.2. The summed E-state index contributed by atoms with van der Waals surface area (Å²) in [6, 6.07) is 15.2. The lowest BCUT2D eigenvalue weighted by atomic mass is 10.1. The molecule has 0 amide bonds.